The highest BCUT2D eigenvalue weighted by Crippen LogP contribution is 2.37. The maximum absolute atomic E-state index is 6.38. The highest BCUT2D eigenvalue weighted by Gasteiger charge is 2.18. The summed E-state index contributed by atoms with van der Waals surface area (Å²) in [5.41, 5.74) is 1.04. The zero-order valence-electron chi connectivity index (χ0n) is 12.4. The molecule has 0 saturated carbocycles. The molecule has 1 N–H and O–H groups in total. The number of methoxy groups -OCH3 is 2. The van der Waals surface area contributed by atoms with Gasteiger partial charge in [-0.1, -0.05) is 17.7 Å². The van der Waals surface area contributed by atoms with Gasteiger partial charge in [-0.2, -0.15) is 0 Å². The fourth-order valence-corrected chi connectivity index (χ4v) is 2.95. The number of halogens is 1. The van der Waals surface area contributed by atoms with Crippen LogP contribution in [-0.2, 0) is 6.54 Å². The predicted octanol–water partition coefficient (Wildman–Crippen LogP) is 2.54. The second-order valence-corrected chi connectivity index (χ2v) is 5.63. The Morgan fingerprint density at radius 1 is 1.35 bits per heavy atom. The van der Waals surface area contributed by atoms with E-state index in [4.69, 9.17) is 21.1 Å². The van der Waals surface area contributed by atoms with Crippen molar-refractivity contribution in [3.05, 3.63) is 22.7 Å². The maximum atomic E-state index is 6.38. The molecule has 0 bridgehead atoms. The van der Waals surface area contributed by atoms with Gasteiger partial charge in [0, 0.05) is 19.1 Å². The molecule has 1 fully saturated rings. The van der Waals surface area contributed by atoms with E-state index in [-0.39, 0.29) is 0 Å². The third-order valence-corrected chi connectivity index (χ3v) is 4.19. The quantitative estimate of drug-likeness (QED) is 0.906. The summed E-state index contributed by atoms with van der Waals surface area (Å²) in [6, 6.07) is 4.41. The molecule has 1 heterocycles. The molecule has 1 saturated heterocycles. The van der Waals surface area contributed by atoms with E-state index in [2.05, 4.69) is 17.3 Å². The molecule has 1 aliphatic heterocycles. The van der Waals surface area contributed by atoms with E-state index in [1.165, 1.54) is 19.4 Å². The summed E-state index contributed by atoms with van der Waals surface area (Å²) in [5, 5.41) is 4.20. The van der Waals surface area contributed by atoms with Crippen molar-refractivity contribution >= 4 is 11.6 Å². The average molecular weight is 299 g/mol. The highest BCUT2D eigenvalue weighted by molar-refractivity contribution is 6.33. The van der Waals surface area contributed by atoms with E-state index in [0.717, 1.165) is 18.7 Å². The second-order valence-electron chi connectivity index (χ2n) is 5.26. The van der Waals surface area contributed by atoms with Gasteiger partial charge in [0.2, 0.25) is 0 Å². The number of likely N-dealkylation sites (tertiary alicyclic amines) is 1. The summed E-state index contributed by atoms with van der Waals surface area (Å²) in [7, 11) is 5.39. The summed E-state index contributed by atoms with van der Waals surface area (Å²) in [4.78, 5) is 2.36. The van der Waals surface area contributed by atoms with E-state index in [9.17, 15) is 0 Å². The van der Waals surface area contributed by atoms with Gasteiger partial charge in [0.1, 0.15) is 0 Å². The van der Waals surface area contributed by atoms with Crippen LogP contribution in [0.4, 0.5) is 0 Å². The van der Waals surface area contributed by atoms with Crippen molar-refractivity contribution < 1.29 is 9.47 Å². The fraction of sp³-hybridized carbons (Fsp3) is 0.600. The third kappa shape index (κ3) is 3.57. The number of benzene rings is 1. The lowest BCUT2D eigenvalue weighted by molar-refractivity contribution is 0.226. The molecular formula is C15H23ClN2O2. The van der Waals surface area contributed by atoms with Crippen LogP contribution < -0.4 is 14.8 Å². The van der Waals surface area contributed by atoms with Gasteiger partial charge in [-0.05, 0) is 38.1 Å². The number of hydrogen-bond acceptors (Lipinski definition) is 4. The Bertz CT molecular complexity index is 454. The molecule has 1 aliphatic rings. The SMILES string of the molecule is COc1ccc(CN[C@H]2CCCN(C)C2)c(Cl)c1OC. The Morgan fingerprint density at radius 2 is 2.15 bits per heavy atom. The Morgan fingerprint density at radius 3 is 2.80 bits per heavy atom. The Kier molecular flexibility index (Phi) is 5.52. The third-order valence-electron chi connectivity index (χ3n) is 3.77. The van der Waals surface area contributed by atoms with Crippen molar-refractivity contribution in [2.24, 2.45) is 0 Å². The van der Waals surface area contributed by atoms with Crippen LogP contribution in [0.3, 0.4) is 0 Å². The van der Waals surface area contributed by atoms with Crippen LogP contribution in [-0.4, -0.2) is 45.3 Å². The van der Waals surface area contributed by atoms with Gasteiger partial charge < -0.3 is 19.7 Å². The molecule has 112 valence electrons. The van der Waals surface area contributed by atoms with Crippen LogP contribution in [0.1, 0.15) is 18.4 Å². The largest absolute Gasteiger partial charge is 0.493 e. The van der Waals surface area contributed by atoms with Gasteiger partial charge in [-0.15, -0.1) is 0 Å². The maximum Gasteiger partial charge on any atom is 0.179 e. The van der Waals surface area contributed by atoms with Gasteiger partial charge in [0.15, 0.2) is 11.5 Å². The first kappa shape index (κ1) is 15.4. The summed E-state index contributed by atoms with van der Waals surface area (Å²) < 4.78 is 10.6. The van der Waals surface area contributed by atoms with Gasteiger partial charge >= 0.3 is 0 Å². The van der Waals surface area contributed by atoms with Gasteiger partial charge in [0.05, 0.1) is 19.2 Å². The zero-order chi connectivity index (χ0) is 14.5. The van der Waals surface area contributed by atoms with Crippen molar-refractivity contribution in [1.29, 1.82) is 0 Å². The minimum atomic E-state index is 0.526. The topological polar surface area (TPSA) is 33.7 Å². The number of nitrogens with zero attached hydrogens (tertiary/aromatic N) is 1. The molecule has 1 aromatic rings. The monoisotopic (exact) mass is 298 g/mol. The molecule has 2 rings (SSSR count). The Hall–Kier alpha value is -0.970. The fourth-order valence-electron chi connectivity index (χ4n) is 2.65. The average Bonchev–Trinajstić information content (AvgIpc) is 2.45. The van der Waals surface area contributed by atoms with Crippen molar-refractivity contribution in [1.82, 2.24) is 10.2 Å². The van der Waals surface area contributed by atoms with Gasteiger partial charge in [-0.3, -0.25) is 0 Å². The molecule has 5 heteroatoms. The predicted molar refractivity (Wildman–Crippen MR) is 81.9 cm³/mol. The molecular weight excluding hydrogens is 276 g/mol. The number of hydrogen-bond donors (Lipinski definition) is 1. The Balaban J connectivity index is 2.02. The lowest BCUT2D eigenvalue weighted by Gasteiger charge is -2.30. The van der Waals surface area contributed by atoms with Gasteiger partial charge in [-0.25, -0.2) is 0 Å². The lowest BCUT2D eigenvalue weighted by atomic mass is 10.1. The summed E-state index contributed by atoms with van der Waals surface area (Å²) in [6.45, 7) is 3.03. The highest BCUT2D eigenvalue weighted by atomic mass is 35.5. The van der Waals surface area contributed by atoms with Crippen LogP contribution in [0.15, 0.2) is 12.1 Å². The number of ether oxygens (including phenoxy) is 2. The molecule has 0 radical (unpaired) electrons. The molecule has 0 amide bonds. The summed E-state index contributed by atoms with van der Waals surface area (Å²) >= 11 is 6.38. The summed E-state index contributed by atoms with van der Waals surface area (Å²) in [6.07, 6.45) is 2.46. The van der Waals surface area contributed by atoms with Crippen molar-refractivity contribution in [3.63, 3.8) is 0 Å². The smallest absolute Gasteiger partial charge is 0.179 e. The van der Waals surface area contributed by atoms with E-state index >= 15 is 0 Å². The normalized spacial score (nSPS) is 19.9. The molecule has 1 aromatic carbocycles. The molecule has 1 atom stereocenters. The number of piperidine rings is 1. The molecule has 0 aromatic heterocycles. The zero-order valence-corrected chi connectivity index (χ0v) is 13.2. The van der Waals surface area contributed by atoms with Crippen molar-refractivity contribution in [2.45, 2.75) is 25.4 Å². The molecule has 4 nitrogen and oxygen atoms in total. The van der Waals surface area contributed by atoms with E-state index in [1.54, 1.807) is 14.2 Å². The van der Waals surface area contributed by atoms with Gasteiger partial charge in [0.25, 0.3) is 0 Å². The van der Waals surface area contributed by atoms with Crippen LogP contribution >= 0.6 is 11.6 Å². The molecule has 0 aliphatic carbocycles. The lowest BCUT2D eigenvalue weighted by Crippen LogP contribution is -2.43. The first-order chi connectivity index (χ1) is 9.65. The Labute approximate surface area is 126 Å². The first-order valence-electron chi connectivity index (χ1n) is 6.97. The minimum absolute atomic E-state index is 0.526. The number of likely N-dealkylation sites (N-methyl/N-ethyl adjacent to an activating group) is 1. The van der Waals surface area contributed by atoms with Crippen LogP contribution in [0.5, 0.6) is 11.5 Å². The number of rotatable bonds is 5. The van der Waals surface area contributed by atoms with Crippen LogP contribution in [0.25, 0.3) is 0 Å². The standard InChI is InChI=1S/C15H23ClN2O2/c1-18-8-4-5-12(10-18)17-9-11-6-7-13(19-2)15(20-3)14(11)16/h6-7,12,17H,4-5,8-10H2,1-3H3/t12-/m0/s1. The van der Waals surface area contributed by atoms with Crippen LogP contribution in [0.2, 0.25) is 5.02 Å². The molecule has 20 heavy (non-hydrogen) atoms. The second kappa shape index (κ2) is 7.16. The molecule has 0 unspecified atom stereocenters. The van der Waals surface area contributed by atoms with Crippen molar-refractivity contribution in [3.8, 4) is 11.5 Å². The van der Waals surface area contributed by atoms with Crippen LogP contribution in [0, 0.1) is 0 Å². The number of nitrogens with one attached hydrogen (secondary N) is 1. The minimum Gasteiger partial charge on any atom is -0.493 e. The van der Waals surface area contributed by atoms with E-state index in [1.807, 2.05) is 12.1 Å². The summed E-state index contributed by atoms with van der Waals surface area (Å²) in [5.74, 6) is 1.27. The first-order valence-corrected chi connectivity index (χ1v) is 7.34. The molecule has 0 spiro atoms. The van der Waals surface area contributed by atoms with E-state index in [0.29, 0.717) is 22.6 Å². The van der Waals surface area contributed by atoms with E-state index < -0.39 is 0 Å². The van der Waals surface area contributed by atoms with Crippen molar-refractivity contribution in [2.75, 3.05) is 34.4 Å².